The number of anilines is 1. The first-order valence-corrected chi connectivity index (χ1v) is 6.31. The van der Waals surface area contributed by atoms with Crippen LogP contribution in [0.3, 0.4) is 0 Å². The Morgan fingerprint density at radius 1 is 1.39 bits per heavy atom. The van der Waals surface area contributed by atoms with E-state index < -0.39 is 11.5 Å². The minimum absolute atomic E-state index is 0.0758. The highest BCUT2D eigenvalue weighted by molar-refractivity contribution is 5.64. The molecule has 0 saturated carbocycles. The quantitative estimate of drug-likeness (QED) is 0.648. The predicted molar refractivity (Wildman–Crippen MR) is 76.0 cm³/mol. The number of ether oxygens (including phenoxy) is 1. The standard InChI is InChI=1S/C14H10F2N4O3/c15-14(16)23-11-3-2-10(18-8-11)7-19-12-4-1-9(6-17)5-13(12)20(21)22/h1-5,8,14,19H,7H2. The molecule has 2 aromatic rings. The van der Waals surface area contributed by atoms with Gasteiger partial charge in [-0.3, -0.25) is 15.1 Å². The molecule has 0 aliphatic heterocycles. The number of benzene rings is 1. The number of hydrogen-bond acceptors (Lipinski definition) is 6. The van der Waals surface area contributed by atoms with E-state index in [-0.39, 0.29) is 29.2 Å². The molecule has 0 amide bonds. The number of rotatable bonds is 6. The number of aromatic nitrogens is 1. The summed E-state index contributed by atoms with van der Waals surface area (Å²) in [6.45, 7) is -2.79. The Hall–Kier alpha value is -3.28. The maximum atomic E-state index is 12.0. The molecule has 0 aliphatic carbocycles. The van der Waals surface area contributed by atoms with Gasteiger partial charge < -0.3 is 10.1 Å². The van der Waals surface area contributed by atoms with Gasteiger partial charge in [-0.1, -0.05) is 0 Å². The van der Waals surface area contributed by atoms with E-state index in [4.69, 9.17) is 5.26 Å². The number of nitro groups is 1. The molecule has 7 nitrogen and oxygen atoms in total. The van der Waals surface area contributed by atoms with Gasteiger partial charge in [-0.05, 0) is 24.3 Å². The third-order valence-electron chi connectivity index (χ3n) is 2.81. The Balaban J connectivity index is 2.09. The lowest BCUT2D eigenvalue weighted by Gasteiger charge is -2.08. The largest absolute Gasteiger partial charge is 0.433 e. The molecule has 0 spiro atoms. The molecule has 1 N–H and O–H groups in total. The van der Waals surface area contributed by atoms with Crippen molar-refractivity contribution in [1.82, 2.24) is 4.98 Å². The number of nitrogens with one attached hydrogen (secondary N) is 1. The molecule has 1 aromatic carbocycles. The normalized spacial score (nSPS) is 10.2. The summed E-state index contributed by atoms with van der Waals surface area (Å²) < 4.78 is 28.2. The Bertz CT molecular complexity index is 745. The lowest BCUT2D eigenvalue weighted by molar-refractivity contribution is -0.384. The maximum Gasteiger partial charge on any atom is 0.387 e. The second-order valence-electron chi connectivity index (χ2n) is 4.32. The number of halogens is 2. The summed E-state index contributed by atoms with van der Waals surface area (Å²) in [5.74, 6) is -0.0758. The van der Waals surface area contributed by atoms with Crippen molar-refractivity contribution in [1.29, 1.82) is 5.26 Å². The van der Waals surface area contributed by atoms with Crippen LogP contribution in [0.4, 0.5) is 20.2 Å². The molecule has 1 aromatic heterocycles. The molecule has 1 heterocycles. The number of nitro benzene ring substituents is 1. The van der Waals surface area contributed by atoms with Gasteiger partial charge in [0.05, 0.1) is 35.0 Å². The van der Waals surface area contributed by atoms with Crippen LogP contribution in [-0.2, 0) is 6.54 Å². The van der Waals surface area contributed by atoms with Gasteiger partial charge in [0.2, 0.25) is 0 Å². The summed E-state index contributed by atoms with van der Waals surface area (Å²) in [7, 11) is 0. The molecular formula is C14H10F2N4O3. The van der Waals surface area contributed by atoms with Crippen LogP contribution in [0.25, 0.3) is 0 Å². The fourth-order valence-corrected chi connectivity index (χ4v) is 1.78. The molecular weight excluding hydrogens is 310 g/mol. The van der Waals surface area contributed by atoms with E-state index in [9.17, 15) is 18.9 Å². The Morgan fingerprint density at radius 2 is 2.17 bits per heavy atom. The van der Waals surface area contributed by atoms with Gasteiger partial charge in [-0.2, -0.15) is 14.0 Å². The lowest BCUT2D eigenvalue weighted by Crippen LogP contribution is -2.06. The van der Waals surface area contributed by atoms with Crippen molar-refractivity contribution >= 4 is 11.4 Å². The Morgan fingerprint density at radius 3 is 2.74 bits per heavy atom. The van der Waals surface area contributed by atoms with Crippen molar-refractivity contribution in [3.05, 3.63) is 57.9 Å². The van der Waals surface area contributed by atoms with Gasteiger partial charge in [0, 0.05) is 6.07 Å². The molecule has 0 bridgehead atoms. The summed E-state index contributed by atoms with van der Waals surface area (Å²) in [6, 6.07) is 8.64. The van der Waals surface area contributed by atoms with Gasteiger partial charge in [0.15, 0.2) is 0 Å². The second-order valence-corrected chi connectivity index (χ2v) is 4.32. The Labute approximate surface area is 129 Å². The van der Waals surface area contributed by atoms with Crippen LogP contribution in [0.5, 0.6) is 5.75 Å². The zero-order chi connectivity index (χ0) is 16.8. The van der Waals surface area contributed by atoms with E-state index in [1.165, 1.54) is 24.3 Å². The highest BCUT2D eigenvalue weighted by atomic mass is 19.3. The first-order chi connectivity index (χ1) is 11.0. The second kappa shape index (κ2) is 7.13. The van der Waals surface area contributed by atoms with E-state index in [1.807, 2.05) is 6.07 Å². The van der Waals surface area contributed by atoms with Crippen molar-refractivity contribution < 1.29 is 18.4 Å². The van der Waals surface area contributed by atoms with Crippen molar-refractivity contribution in [2.45, 2.75) is 13.2 Å². The summed E-state index contributed by atoms with van der Waals surface area (Å²) in [6.07, 6.45) is 1.14. The van der Waals surface area contributed by atoms with Gasteiger partial charge in [-0.25, -0.2) is 0 Å². The monoisotopic (exact) mass is 320 g/mol. The number of hydrogen-bond donors (Lipinski definition) is 1. The molecule has 0 radical (unpaired) electrons. The van der Waals surface area contributed by atoms with Crippen LogP contribution in [0.1, 0.15) is 11.3 Å². The fourth-order valence-electron chi connectivity index (χ4n) is 1.78. The van der Waals surface area contributed by atoms with Gasteiger partial charge in [0.25, 0.3) is 5.69 Å². The van der Waals surface area contributed by atoms with Crippen molar-refractivity contribution in [3.63, 3.8) is 0 Å². The van der Waals surface area contributed by atoms with Gasteiger partial charge in [0.1, 0.15) is 11.4 Å². The summed E-state index contributed by atoms with van der Waals surface area (Å²) in [4.78, 5) is 14.3. The van der Waals surface area contributed by atoms with Crippen molar-refractivity contribution in [3.8, 4) is 11.8 Å². The molecule has 0 fully saturated rings. The van der Waals surface area contributed by atoms with E-state index >= 15 is 0 Å². The number of pyridine rings is 1. The van der Waals surface area contributed by atoms with E-state index in [2.05, 4.69) is 15.0 Å². The molecule has 118 valence electrons. The predicted octanol–water partition coefficient (Wildman–Crippen LogP) is 3.07. The van der Waals surface area contributed by atoms with E-state index in [0.717, 1.165) is 12.3 Å². The minimum Gasteiger partial charge on any atom is -0.433 e. The highest BCUT2D eigenvalue weighted by Gasteiger charge is 2.14. The highest BCUT2D eigenvalue weighted by Crippen LogP contribution is 2.25. The molecule has 0 saturated heterocycles. The molecule has 0 aliphatic rings. The first kappa shape index (κ1) is 16.1. The van der Waals surface area contributed by atoms with Gasteiger partial charge >= 0.3 is 6.61 Å². The summed E-state index contributed by atoms with van der Waals surface area (Å²) in [5.41, 5.74) is 0.643. The van der Waals surface area contributed by atoms with Crippen LogP contribution in [0, 0.1) is 21.4 Å². The molecule has 0 atom stereocenters. The third kappa shape index (κ3) is 4.34. The topological polar surface area (TPSA) is 101 Å². The van der Waals surface area contributed by atoms with Crippen LogP contribution < -0.4 is 10.1 Å². The van der Waals surface area contributed by atoms with Crippen molar-refractivity contribution in [2.24, 2.45) is 0 Å². The van der Waals surface area contributed by atoms with E-state index in [0.29, 0.717) is 5.69 Å². The van der Waals surface area contributed by atoms with Crippen molar-refractivity contribution in [2.75, 3.05) is 5.32 Å². The van der Waals surface area contributed by atoms with Crippen LogP contribution >= 0.6 is 0 Å². The van der Waals surface area contributed by atoms with Crippen LogP contribution in [0.15, 0.2) is 36.5 Å². The van der Waals surface area contributed by atoms with Gasteiger partial charge in [-0.15, -0.1) is 0 Å². The molecule has 9 heteroatoms. The average molecular weight is 320 g/mol. The summed E-state index contributed by atoms with van der Waals surface area (Å²) >= 11 is 0. The van der Waals surface area contributed by atoms with Crippen LogP contribution in [-0.4, -0.2) is 16.5 Å². The Kier molecular flexibility index (Phi) is 4.99. The SMILES string of the molecule is N#Cc1ccc(NCc2ccc(OC(F)F)cn2)c([N+](=O)[O-])c1. The maximum absolute atomic E-state index is 12.0. The first-order valence-electron chi connectivity index (χ1n) is 6.31. The zero-order valence-electron chi connectivity index (χ0n) is 11.6. The average Bonchev–Trinajstić information content (AvgIpc) is 2.53. The minimum atomic E-state index is -2.93. The van der Waals surface area contributed by atoms with E-state index in [1.54, 1.807) is 0 Å². The molecule has 2 rings (SSSR count). The summed E-state index contributed by atoms with van der Waals surface area (Å²) in [5, 5.41) is 22.6. The molecule has 0 unspecified atom stereocenters. The smallest absolute Gasteiger partial charge is 0.387 e. The fraction of sp³-hybridized carbons (Fsp3) is 0.143. The zero-order valence-corrected chi connectivity index (χ0v) is 11.6. The molecule has 23 heavy (non-hydrogen) atoms. The number of alkyl halides is 2. The van der Waals surface area contributed by atoms with Crippen LogP contribution in [0.2, 0.25) is 0 Å². The lowest BCUT2D eigenvalue weighted by atomic mass is 10.2. The number of nitriles is 1. The number of nitrogens with zero attached hydrogens (tertiary/aromatic N) is 3. The third-order valence-corrected chi connectivity index (χ3v) is 2.81.